The fourth-order valence-corrected chi connectivity index (χ4v) is 1.69. The van der Waals surface area contributed by atoms with Crippen LogP contribution in [-0.2, 0) is 0 Å². The summed E-state index contributed by atoms with van der Waals surface area (Å²) < 4.78 is 26.9. The average molecular weight is 243 g/mol. The molecule has 0 bridgehead atoms. The van der Waals surface area contributed by atoms with Gasteiger partial charge in [-0.2, -0.15) is 0 Å². The summed E-state index contributed by atoms with van der Waals surface area (Å²) in [6.07, 6.45) is 0. The molecule has 1 aromatic heterocycles. The normalized spacial score (nSPS) is 11.5. The summed E-state index contributed by atoms with van der Waals surface area (Å²) >= 11 is 0. The van der Waals surface area contributed by atoms with Crippen molar-refractivity contribution in [1.29, 1.82) is 0 Å². The molecule has 0 saturated carbocycles. The Morgan fingerprint density at radius 1 is 1.29 bits per heavy atom. The molecule has 0 aliphatic rings. The highest BCUT2D eigenvalue weighted by Gasteiger charge is 2.19. The number of pyridine rings is 1. The van der Waals surface area contributed by atoms with Gasteiger partial charge in [-0.3, -0.25) is 0 Å². The van der Waals surface area contributed by atoms with E-state index in [2.05, 4.69) is 10.3 Å². The molecule has 1 N–H and O–H groups in total. The summed E-state index contributed by atoms with van der Waals surface area (Å²) in [5.74, 6) is -1.11. The predicted octanol–water partition coefficient (Wildman–Crippen LogP) is 2.88. The molecule has 3 nitrogen and oxygen atoms in total. The van der Waals surface area contributed by atoms with Crippen LogP contribution in [0.15, 0.2) is 6.07 Å². The fourth-order valence-electron chi connectivity index (χ4n) is 1.69. The summed E-state index contributed by atoms with van der Waals surface area (Å²) in [6.45, 7) is 6.77. The van der Waals surface area contributed by atoms with Crippen LogP contribution in [0.25, 0.3) is 0 Å². The molecule has 96 valence electrons. The summed E-state index contributed by atoms with van der Waals surface area (Å²) in [6, 6.07) is 0.854. The molecule has 0 aliphatic heterocycles. The molecule has 0 radical (unpaired) electrons. The number of aromatic nitrogens is 1. The van der Waals surface area contributed by atoms with Crippen molar-refractivity contribution >= 4 is 11.6 Å². The van der Waals surface area contributed by atoms with Gasteiger partial charge in [0, 0.05) is 26.7 Å². The van der Waals surface area contributed by atoms with Crippen LogP contribution in [0, 0.1) is 17.0 Å². The standard InChI is InChI=1S/C12H19F2N3/c1-12(2,3)7-17(5)11-9(14)6-8(13)10(15-4)16-11/h6H,7H2,1-5H3,(H,15,16). The quantitative estimate of drug-likeness (QED) is 0.884. The maximum Gasteiger partial charge on any atom is 0.168 e. The summed E-state index contributed by atoms with van der Waals surface area (Å²) in [4.78, 5) is 5.63. The van der Waals surface area contributed by atoms with Gasteiger partial charge >= 0.3 is 0 Å². The molecule has 1 heterocycles. The second-order valence-electron chi connectivity index (χ2n) is 5.29. The zero-order valence-corrected chi connectivity index (χ0v) is 10.9. The average Bonchev–Trinajstić information content (AvgIpc) is 2.14. The molecule has 0 aliphatic carbocycles. The molecular formula is C12H19F2N3. The summed E-state index contributed by atoms with van der Waals surface area (Å²) in [7, 11) is 3.30. The second-order valence-corrected chi connectivity index (χ2v) is 5.29. The smallest absolute Gasteiger partial charge is 0.168 e. The number of hydrogen-bond acceptors (Lipinski definition) is 3. The Hall–Kier alpha value is -1.39. The zero-order chi connectivity index (χ0) is 13.2. The van der Waals surface area contributed by atoms with Crippen LogP contribution in [0.4, 0.5) is 20.4 Å². The van der Waals surface area contributed by atoms with Crippen LogP contribution >= 0.6 is 0 Å². The van der Waals surface area contributed by atoms with Crippen LogP contribution in [0.1, 0.15) is 20.8 Å². The van der Waals surface area contributed by atoms with Crippen molar-refractivity contribution in [3.05, 3.63) is 17.7 Å². The first-order chi connectivity index (χ1) is 7.74. The maximum atomic E-state index is 13.6. The third-order valence-corrected chi connectivity index (χ3v) is 2.22. The Bertz CT molecular complexity index is 399. The van der Waals surface area contributed by atoms with Gasteiger partial charge in [0.15, 0.2) is 23.3 Å². The van der Waals surface area contributed by atoms with Crippen LogP contribution in [0.2, 0.25) is 0 Å². The lowest BCUT2D eigenvalue weighted by Crippen LogP contribution is -2.30. The van der Waals surface area contributed by atoms with Crippen LogP contribution in [0.5, 0.6) is 0 Å². The van der Waals surface area contributed by atoms with Gasteiger partial charge in [0.05, 0.1) is 0 Å². The first-order valence-electron chi connectivity index (χ1n) is 5.49. The highest BCUT2D eigenvalue weighted by molar-refractivity contribution is 5.48. The van der Waals surface area contributed by atoms with E-state index in [4.69, 9.17) is 0 Å². The first-order valence-corrected chi connectivity index (χ1v) is 5.49. The number of nitrogens with zero attached hydrogens (tertiary/aromatic N) is 2. The molecule has 1 rings (SSSR count). The van der Waals surface area contributed by atoms with E-state index in [0.29, 0.717) is 6.54 Å². The molecule has 0 atom stereocenters. The topological polar surface area (TPSA) is 28.2 Å². The number of hydrogen-bond donors (Lipinski definition) is 1. The van der Waals surface area contributed by atoms with Crippen molar-refractivity contribution < 1.29 is 8.78 Å². The van der Waals surface area contributed by atoms with Gasteiger partial charge in [0.2, 0.25) is 0 Å². The van der Waals surface area contributed by atoms with Crippen molar-refractivity contribution in [2.24, 2.45) is 5.41 Å². The largest absolute Gasteiger partial charge is 0.371 e. The predicted molar refractivity (Wildman–Crippen MR) is 66.4 cm³/mol. The number of anilines is 2. The van der Waals surface area contributed by atoms with Crippen molar-refractivity contribution in [1.82, 2.24) is 4.98 Å². The highest BCUT2D eigenvalue weighted by Crippen LogP contribution is 2.24. The molecule has 17 heavy (non-hydrogen) atoms. The van der Waals surface area contributed by atoms with E-state index >= 15 is 0 Å². The summed E-state index contributed by atoms with van der Waals surface area (Å²) in [5.41, 5.74) is 0.0110. The Morgan fingerprint density at radius 2 is 1.88 bits per heavy atom. The molecular weight excluding hydrogens is 224 g/mol. The van der Waals surface area contributed by atoms with Crippen molar-refractivity contribution in [2.45, 2.75) is 20.8 Å². The van der Waals surface area contributed by atoms with Crippen molar-refractivity contribution in [3.8, 4) is 0 Å². The van der Waals surface area contributed by atoms with Crippen LogP contribution in [0.3, 0.4) is 0 Å². The van der Waals surface area contributed by atoms with E-state index in [0.717, 1.165) is 6.07 Å². The SMILES string of the molecule is CNc1nc(N(C)CC(C)(C)C)c(F)cc1F. The molecule has 5 heteroatoms. The molecule has 0 saturated heterocycles. The third-order valence-electron chi connectivity index (χ3n) is 2.22. The Morgan fingerprint density at radius 3 is 2.35 bits per heavy atom. The van der Waals surface area contributed by atoms with Gasteiger partial charge in [-0.05, 0) is 5.41 Å². The lowest BCUT2D eigenvalue weighted by atomic mass is 9.96. The van der Waals surface area contributed by atoms with E-state index in [1.165, 1.54) is 0 Å². The van der Waals surface area contributed by atoms with E-state index in [9.17, 15) is 8.78 Å². The Balaban J connectivity index is 3.05. The highest BCUT2D eigenvalue weighted by atomic mass is 19.1. The lowest BCUT2D eigenvalue weighted by molar-refractivity contribution is 0.415. The summed E-state index contributed by atoms with van der Waals surface area (Å²) in [5, 5.41) is 2.60. The number of halogens is 2. The molecule has 0 fully saturated rings. The maximum absolute atomic E-state index is 13.6. The molecule has 0 spiro atoms. The second kappa shape index (κ2) is 4.85. The van der Waals surface area contributed by atoms with E-state index in [1.54, 1.807) is 19.0 Å². The Labute approximate surface area is 101 Å². The third kappa shape index (κ3) is 3.54. The minimum absolute atomic E-state index is 0.0110. The van der Waals surface area contributed by atoms with Crippen LogP contribution < -0.4 is 10.2 Å². The number of nitrogens with one attached hydrogen (secondary N) is 1. The van der Waals surface area contributed by atoms with E-state index in [-0.39, 0.29) is 17.1 Å². The molecule has 0 unspecified atom stereocenters. The van der Waals surface area contributed by atoms with Gasteiger partial charge < -0.3 is 10.2 Å². The van der Waals surface area contributed by atoms with Crippen LogP contribution in [-0.4, -0.2) is 25.6 Å². The molecule has 0 amide bonds. The number of rotatable bonds is 3. The van der Waals surface area contributed by atoms with Gasteiger partial charge in [-0.15, -0.1) is 0 Å². The van der Waals surface area contributed by atoms with Crippen molar-refractivity contribution in [3.63, 3.8) is 0 Å². The fraction of sp³-hybridized carbons (Fsp3) is 0.583. The van der Waals surface area contributed by atoms with Gasteiger partial charge in [-0.25, -0.2) is 13.8 Å². The van der Waals surface area contributed by atoms with Crippen molar-refractivity contribution in [2.75, 3.05) is 30.9 Å². The monoisotopic (exact) mass is 243 g/mol. The van der Waals surface area contributed by atoms with E-state index in [1.807, 2.05) is 20.8 Å². The first kappa shape index (κ1) is 13.7. The van der Waals surface area contributed by atoms with Gasteiger partial charge in [0.25, 0.3) is 0 Å². The Kier molecular flexibility index (Phi) is 3.91. The lowest BCUT2D eigenvalue weighted by Gasteiger charge is -2.27. The molecule has 0 aromatic carbocycles. The van der Waals surface area contributed by atoms with Gasteiger partial charge in [-0.1, -0.05) is 20.8 Å². The van der Waals surface area contributed by atoms with Gasteiger partial charge in [0.1, 0.15) is 0 Å². The molecule has 1 aromatic rings. The minimum Gasteiger partial charge on any atom is -0.371 e. The zero-order valence-electron chi connectivity index (χ0n) is 10.9. The van der Waals surface area contributed by atoms with E-state index < -0.39 is 11.6 Å². The minimum atomic E-state index is -0.682.